The molecule has 0 aliphatic heterocycles. The molecule has 0 unspecified atom stereocenters. The number of carbonyl (C=O) groups is 1. The van der Waals surface area contributed by atoms with Gasteiger partial charge >= 0.3 is 0 Å². The molecule has 2 aromatic rings. The highest BCUT2D eigenvalue weighted by Crippen LogP contribution is 2.27. The van der Waals surface area contributed by atoms with Gasteiger partial charge in [-0.1, -0.05) is 19.3 Å². The Morgan fingerprint density at radius 2 is 2.10 bits per heavy atom. The molecule has 2 aromatic heterocycles. The van der Waals surface area contributed by atoms with E-state index in [1.54, 1.807) is 12.1 Å². The predicted molar refractivity (Wildman–Crippen MR) is 79.0 cm³/mol. The molecule has 21 heavy (non-hydrogen) atoms. The molecule has 1 aliphatic carbocycles. The first-order chi connectivity index (χ1) is 10.3. The van der Waals surface area contributed by atoms with Crippen LogP contribution in [0.25, 0.3) is 0 Å². The summed E-state index contributed by atoms with van der Waals surface area (Å²) in [6, 6.07) is 5.85. The molecule has 0 bridgehead atoms. The average Bonchev–Trinajstić information content (AvgIpc) is 3.17. The number of hydrogen-bond donors (Lipinski definition) is 1. The van der Waals surface area contributed by atoms with E-state index in [1.807, 2.05) is 16.9 Å². The normalized spacial score (nSPS) is 16.2. The fourth-order valence-corrected chi connectivity index (χ4v) is 2.91. The minimum atomic E-state index is -0.0522. The molecule has 2 heterocycles. The summed E-state index contributed by atoms with van der Waals surface area (Å²) in [7, 11) is 0. The molecule has 1 fully saturated rings. The third-order valence-corrected chi connectivity index (χ3v) is 4.09. The maximum absolute atomic E-state index is 12.1. The van der Waals surface area contributed by atoms with Crippen LogP contribution in [0.3, 0.4) is 0 Å². The molecule has 0 amide bonds. The average molecular weight is 287 g/mol. The van der Waals surface area contributed by atoms with Crippen molar-refractivity contribution in [3.8, 4) is 0 Å². The van der Waals surface area contributed by atoms with Gasteiger partial charge in [-0.15, -0.1) is 0 Å². The number of nitrogens with two attached hydrogens (primary N) is 1. The Balaban J connectivity index is 1.64. The quantitative estimate of drug-likeness (QED) is 0.858. The molecule has 0 atom stereocenters. The number of hydrogen-bond acceptors (Lipinski definition) is 4. The maximum Gasteiger partial charge on any atom is 0.203 e. The lowest BCUT2D eigenvalue weighted by Gasteiger charge is -2.21. The fraction of sp³-hybridized carbons (Fsp3) is 0.500. The second kappa shape index (κ2) is 6.26. The van der Waals surface area contributed by atoms with E-state index in [2.05, 4.69) is 5.10 Å². The van der Waals surface area contributed by atoms with Crippen molar-refractivity contribution in [2.45, 2.75) is 51.1 Å². The summed E-state index contributed by atoms with van der Waals surface area (Å²) in [5, 5.41) is 4.56. The van der Waals surface area contributed by atoms with Crippen molar-refractivity contribution in [2.75, 3.05) is 0 Å². The highest BCUT2D eigenvalue weighted by Gasteiger charge is 2.18. The molecule has 1 saturated carbocycles. The van der Waals surface area contributed by atoms with Crippen LogP contribution in [0.2, 0.25) is 0 Å². The summed E-state index contributed by atoms with van der Waals surface area (Å²) in [5.74, 6) is 0.942. The van der Waals surface area contributed by atoms with Crippen LogP contribution in [0.5, 0.6) is 0 Å². The van der Waals surface area contributed by atoms with Crippen molar-refractivity contribution in [3.63, 3.8) is 0 Å². The lowest BCUT2D eigenvalue weighted by Crippen LogP contribution is -2.14. The second-order valence-electron chi connectivity index (χ2n) is 5.65. The first-order valence-electron chi connectivity index (χ1n) is 7.62. The van der Waals surface area contributed by atoms with Crippen molar-refractivity contribution >= 4 is 5.78 Å². The topological polar surface area (TPSA) is 74.1 Å². The molecule has 3 rings (SSSR count). The van der Waals surface area contributed by atoms with E-state index in [-0.39, 0.29) is 12.2 Å². The van der Waals surface area contributed by atoms with Gasteiger partial charge in [0.1, 0.15) is 5.76 Å². The van der Waals surface area contributed by atoms with Gasteiger partial charge in [0.2, 0.25) is 5.78 Å². The van der Waals surface area contributed by atoms with Gasteiger partial charge in [-0.3, -0.25) is 9.48 Å². The van der Waals surface area contributed by atoms with Crippen LogP contribution in [0.15, 0.2) is 28.8 Å². The predicted octanol–water partition coefficient (Wildman–Crippen LogP) is 2.87. The van der Waals surface area contributed by atoms with Crippen LogP contribution >= 0.6 is 0 Å². The van der Waals surface area contributed by atoms with E-state index in [0.717, 1.165) is 5.69 Å². The first-order valence-corrected chi connectivity index (χ1v) is 7.62. The number of aromatic nitrogens is 2. The molecule has 5 nitrogen and oxygen atoms in total. The number of Topliss-reactive ketones (excluding diaryl/α,β-unsaturated/α-hetero) is 1. The van der Waals surface area contributed by atoms with Crippen molar-refractivity contribution in [1.29, 1.82) is 0 Å². The molecular formula is C16H21N3O2. The molecule has 0 spiro atoms. The molecule has 0 saturated heterocycles. The Morgan fingerprint density at radius 3 is 2.81 bits per heavy atom. The lowest BCUT2D eigenvalue weighted by molar-refractivity contribution is 0.0963. The van der Waals surface area contributed by atoms with Crippen LogP contribution < -0.4 is 5.73 Å². The van der Waals surface area contributed by atoms with Crippen LogP contribution in [0.4, 0.5) is 0 Å². The third-order valence-electron chi connectivity index (χ3n) is 4.09. The monoisotopic (exact) mass is 287 g/mol. The number of carbonyl (C=O) groups excluding carboxylic acids is 1. The number of ketones is 1. The van der Waals surface area contributed by atoms with Gasteiger partial charge in [0.25, 0.3) is 0 Å². The molecular weight excluding hydrogens is 266 g/mol. The van der Waals surface area contributed by atoms with Gasteiger partial charge in [-0.25, -0.2) is 0 Å². The van der Waals surface area contributed by atoms with Gasteiger partial charge in [-0.05, 0) is 31.0 Å². The third kappa shape index (κ3) is 3.24. The van der Waals surface area contributed by atoms with Gasteiger partial charge in [0, 0.05) is 6.20 Å². The van der Waals surface area contributed by atoms with Gasteiger partial charge < -0.3 is 10.2 Å². The zero-order valence-corrected chi connectivity index (χ0v) is 12.1. The van der Waals surface area contributed by atoms with E-state index >= 15 is 0 Å². The Morgan fingerprint density at radius 1 is 1.29 bits per heavy atom. The summed E-state index contributed by atoms with van der Waals surface area (Å²) in [4.78, 5) is 12.1. The van der Waals surface area contributed by atoms with E-state index in [9.17, 15) is 4.79 Å². The highest BCUT2D eigenvalue weighted by atomic mass is 16.3. The summed E-state index contributed by atoms with van der Waals surface area (Å²) in [5.41, 5.74) is 6.28. The molecule has 0 radical (unpaired) electrons. The van der Waals surface area contributed by atoms with Gasteiger partial charge in [0.05, 0.1) is 24.7 Å². The van der Waals surface area contributed by atoms with Crippen molar-refractivity contribution in [1.82, 2.24) is 9.78 Å². The van der Waals surface area contributed by atoms with E-state index < -0.39 is 0 Å². The Bertz CT molecular complexity index is 609. The van der Waals surface area contributed by atoms with Crippen LogP contribution in [0, 0.1) is 0 Å². The Hall–Kier alpha value is -1.88. The largest absolute Gasteiger partial charge is 0.457 e. The Labute approximate surface area is 124 Å². The summed E-state index contributed by atoms with van der Waals surface area (Å²) in [6.45, 7) is 0.309. The van der Waals surface area contributed by atoms with E-state index in [1.165, 1.54) is 32.1 Å². The maximum atomic E-state index is 12.1. The van der Waals surface area contributed by atoms with Crippen LogP contribution in [-0.4, -0.2) is 15.6 Å². The standard InChI is InChI=1S/C16H21N3O2/c17-11-14-6-7-16(21-14)15(20)10-12-8-9-19(18-12)13-4-2-1-3-5-13/h6-9,13H,1-5,10-11,17H2. The highest BCUT2D eigenvalue weighted by molar-refractivity contribution is 5.94. The summed E-state index contributed by atoms with van der Waals surface area (Å²) >= 11 is 0. The number of nitrogens with zero attached hydrogens (tertiary/aromatic N) is 2. The number of furan rings is 1. The fourth-order valence-electron chi connectivity index (χ4n) is 2.91. The molecule has 112 valence electrons. The van der Waals surface area contributed by atoms with E-state index in [0.29, 0.717) is 24.1 Å². The minimum Gasteiger partial charge on any atom is -0.457 e. The van der Waals surface area contributed by atoms with Crippen molar-refractivity contribution < 1.29 is 9.21 Å². The minimum absolute atomic E-state index is 0.0522. The second-order valence-corrected chi connectivity index (χ2v) is 5.65. The van der Waals surface area contributed by atoms with Crippen LogP contribution in [0.1, 0.15) is 60.2 Å². The summed E-state index contributed by atoms with van der Waals surface area (Å²) < 4.78 is 7.40. The molecule has 1 aliphatic rings. The smallest absolute Gasteiger partial charge is 0.203 e. The molecule has 5 heteroatoms. The lowest BCUT2D eigenvalue weighted by atomic mass is 9.96. The molecule has 0 aromatic carbocycles. The molecule has 2 N–H and O–H groups in total. The van der Waals surface area contributed by atoms with E-state index in [4.69, 9.17) is 10.2 Å². The van der Waals surface area contributed by atoms with Crippen LogP contribution in [-0.2, 0) is 13.0 Å². The van der Waals surface area contributed by atoms with Crippen molar-refractivity contribution in [2.24, 2.45) is 5.73 Å². The SMILES string of the molecule is NCc1ccc(C(=O)Cc2ccn(C3CCCCC3)n2)o1. The number of rotatable bonds is 5. The van der Waals surface area contributed by atoms with Gasteiger partial charge in [-0.2, -0.15) is 5.10 Å². The van der Waals surface area contributed by atoms with Gasteiger partial charge in [0.15, 0.2) is 5.76 Å². The first kappa shape index (κ1) is 14.1. The summed E-state index contributed by atoms with van der Waals surface area (Å²) in [6.07, 6.45) is 8.51. The zero-order chi connectivity index (χ0) is 14.7. The Kier molecular flexibility index (Phi) is 4.20. The van der Waals surface area contributed by atoms with Crippen molar-refractivity contribution in [3.05, 3.63) is 41.6 Å². The zero-order valence-electron chi connectivity index (χ0n) is 12.1.